The third-order valence-electron chi connectivity index (χ3n) is 5.24. The number of amides is 1. The van der Waals surface area contributed by atoms with E-state index in [9.17, 15) is 4.79 Å². The van der Waals surface area contributed by atoms with Crippen LogP contribution in [0.25, 0.3) is 0 Å². The van der Waals surface area contributed by atoms with Gasteiger partial charge in [0.05, 0.1) is 7.11 Å². The molecule has 0 unspecified atom stereocenters. The van der Waals surface area contributed by atoms with Crippen LogP contribution in [-0.2, 0) is 6.54 Å². The highest BCUT2D eigenvalue weighted by Gasteiger charge is 2.36. The highest BCUT2D eigenvalue weighted by atomic mass is 16.7. The molecule has 3 aromatic rings. The number of ether oxygens (including phenoxy) is 3. The van der Waals surface area contributed by atoms with Gasteiger partial charge >= 0.3 is 0 Å². The molecular weight excluding hydrogens is 368 g/mol. The number of benzene rings is 3. The fourth-order valence-electron chi connectivity index (χ4n) is 3.77. The first-order valence-electron chi connectivity index (χ1n) is 9.42. The van der Waals surface area contributed by atoms with Crippen LogP contribution in [0.2, 0.25) is 0 Å². The predicted molar refractivity (Wildman–Crippen MR) is 108 cm³/mol. The topological polar surface area (TPSA) is 60.0 Å². The molecule has 0 fully saturated rings. The Bertz CT molecular complexity index is 1060. The van der Waals surface area contributed by atoms with E-state index in [0.717, 1.165) is 33.9 Å². The summed E-state index contributed by atoms with van der Waals surface area (Å²) in [5.41, 5.74) is 3.58. The zero-order valence-electron chi connectivity index (χ0n) is 15.9. The van der Waals surface area contributed by atoms with Crippen molar-refractivity contribution in [3.05, 3.63) is 83.4 Å². The van der Waals surface area contributed by atoms with E-state index in [1.54, 1.807) is 7.11 Å². The minimum absolute atomic E-state index is 0.00396. The molecule has 2 aliphatic heterocycles. The average Bonchev–Trinajstić information content (AvgIpc) is 3.33. The van der Waals surface area contributed by atoms with Crippen LogP contribution in [0.3, 0.4) is 0 Å². The van der Waals surface area contributed by atoms with Crippen molar-refractivity contribution in [2.45, 2.75) is 12.7 Å². The van der Waals surface area contributed by atoms with Gasteiger partial charge in [0.2, 0.25) is 6.79 Å². The molecule has 146 valence electrons. The van der Waals surface area contributed by atoms with E-state index in [1.165, 1.54) is 0 Å². The lowest BCUT2D eigenvalue weighted by Gasteiger charge is -2.27. The average molecular weight is 388 g/mol. The summed E-state index contributed by atoms with van der Waals surface area (Å²) >= 11 is 0. The van der Waals surface area contributed by atoms with Crippen LogP contribution < -0.4 is 19.5 Å². The SMILES string of the molecule is COc1ccc(N[C@H]2c3ccccc3C(=O)N2Cc2ccc3c(c2)OCO3)cc1. The number of anilines is 1. The van der Waals surface area contributed by atoms with Gasteiger partial charge in [0.15, 0.2) is 11.5 Å². The first kappa shape index (κ1) is 17.4. The van der Waals surface area contributed by atoms with E-state index in [-0.39, 0.29) is 18.9 Å². The molecule has 0 aromatic heterocycles. The molecule has 1 amide bonds. The summed E-state index contributed by atoms with van der Waals surface area (Å²) in [7, 11) is 1.64. The molecule has 2 heterocycles. The van der Waals surface area contributed by atoms with Crippen LogP contribution in [-0.4, -0.2) is 24.7 Å². The second-order valence-corrected chi connectivity index (χ2v) is 6.98. The van der Waals surface area contributed by atoms with Crippen molar-refractivity contribution in [1.29, 1.82) is 0 Å². The Balaban J connectivity index is 1.46. The number of carbonyl (C=O) groups excluding carboxylic acids is 1. The maximum atomic E-state index is 13.1. The Kier molecular flexibility index (Phi) is 4.24. The summed E-state index contributed by atoms with van der Waals surface area (Å²) in [6.07, 6.45) is -0.266. The van der Waals surface area contributed by atoms with Gasteiger partial charge in [-0.2, -0.15) is 0 Å². The quantitative estimate of drug-likeness (QED) is 0.710. The van der Waals surface area contributed by atoms with Gasteiger partial charge in [-0.3, -0.25) is 4.79 Å². The van der Waals surface area contributed by atoms with Crippen molar-refractivity contribution in [3.8, 4) is 17.2 Å². The van der Waals surface area contributed by atoms with Gasteiger partial charge in [0, 0.05) is 23.4 Å². The first-order valence-corrected chi connectivity index (χ1v) is 9.42. The molecule has 3 aromatic carbocycles. The minimum Gasteiger partial charge on any atom is -0.497 e. The number of hydrogen-bond acceptors (Lipinski definition) is 5. The van der Waals surface area contributed by atoms with Crippen LogP contribution >= 0.6 is 0 Å². The van der Waals surface area contributed by atoms with Crippen LogP contribution in [0, 0.1) is 0 Å². The van der Waals surface area contributed by atoms with E-state index in [4.69, 9.17) is 14.2 Å². The standard InChI is InChI=1S/C23H20N2O4/c1-27-17-9-7-16(8-10-17)24-22-18-4-2-3-5-19(18)23(26)25(22)13-15-6-11-20-21(12-15)29-14-28-20/h2-12,22,24H,13-14H2,1H3/t22-/m1/s1. The second-order valence-electron chi connectivity index (χ2n) is 6.98. The summed E-state index contributed by atoms with van der Waals surface area (Å²) in [5, 5.41) is 3.50. The Morgan fingerprint density at radius 1 is 1.03 bits per heavy atom. The lowest BCUT2D eigenvalue weighted by molar-refractivity contribution is 0.0728. The molecule has 0 aliphatic carbocycles. The number of hydrogen-bond donors (Lipinski definition) is 1. The van der Waals surface area contributed by atoms with Crippen LogP contribution in [0.1, 0.15) is 27.7 Å². The van der Waals surface area contributed by atoms with Crippen molar-refractivity contribution in [1.82, 2.24) is 4.90 Å². The predicted octanol–water partition coefficient (Wildman–Crippen LogP) is 4.19. The molecule has 0 spiro atoms. The van der Waals surface area contributed by atoms with E-state index in [1.807, 2.05) is 71.6 Å². The van der Waals surface area contributed by atoms with E-state index in [0.29, 0.717) is 12.3 Å². The smallest absolute Gasteiger partial charge is 0.256 e. The number of fused-ring (bicyclic) bond motifs is 2. The van der Waals surface area contributed by atoms with Crippen LogP contribution in [0.4, 0.5) is 5.69 Å². The largest absolute Gasteiger partial charge is 0.497 e. The number of carbonyl (C=O) groups is 1. The summed E-state index contributed by atoms with van der Waals surface area (Å²) < 4.78 is 16.1. The molecule has 29 heavy (non-hydrogen) atoms. The van der Waals surface area contributed by atoms with E-state index in [2.05, 4.69) is 5.32 Å². The number of rotatable bonds is 5. The van der Waals surface area contributed by atoms with Crippen molar-refractivity contribution in [3.63, 3.8) is 0 Å². The summed E-state index contributed by atoms with van der Waals surface area (Å²) in [6, 6.07) is 21.2. The van der Waals surface area contributed by atoms with Gasteiger partial charge in [-0.05, 0) is 48.0 Å². The van der Waals surface area contributed by atoms with Gasteiger partial charge in [0.25, 0.3) is 5.91 Å². The Hall–Kier alpha value is -3.67. The zero-order chi connectivity index (χ0) is 19.8. The lowest BCUT2D eigenvalue weighted by atomic mass is 10.1. The third-order valence-corrected chi connectivity index (χ3v) is 5.24. The normalized spacial score (nSPS) is 16.7. The lowest BCUT2D eigenvalue weighted by Crippen LogP contribution is -2.31. The molecule has 1 N–H and O–H groups in total. The van der Waals surface area contributed by atoms with Crippen LogP contribution in [0.5, 0.6) is 17.2 Å². The molecule has 0 bridgehead atoms. The van der Waals surface area contributed by atoms with Gasteiger partial charge in [0.1, 0.15) is 11.9 Å². The number of nitrogens with zero attached hydrogens (tertiary/aromatic N) is 1. The molecular formula is C23H20N2O4. The maximum Gasteiger partial charge on any atom is 0.256 e. The van der Waals surface area contributed by atoms with Gasteiger partial charge in [-0.25, -0.2) is 0 Å². The zero-order valence-corrected chi connectivity index (χ0v) is 15.9. The molecule has 0 saturated heterocycles. The number of nitrogens with one attached hydrogen (secondary N) is 1. The fraction of sp³-hybridized carbons (Fsp3) is 0.174. The molecule has 6 nitrogen and oxygen atoms in total. The molecule has 0 radical (unpaired) electrons. The summed E-state index contributed by atoms with van der Waals surface area (Å²) in [4.78, 5) is 15.0. The molecule has 5 rings (SSSR count). The number of methoxy groups -OCH3 is 1. The summed E-state index contributed by atoms with van der Waals surface area (Å²) in [5.74, 6) is 2.24. The molecule has 1 atom stereocenters. The highest BCUT2D eigenvalue weighted by molar-refractivity contribution is 5.99. The molecule has 0 saturated carbocycles. The van der Waals surface area contributed by atoms with Gasteiger partial charge in [-0.15, -0.1) is 0 Å². The minimum atomic E-state index is -0.266. The summed E-state index contributed by atoms with van der Waals surface area (Å²) in [6.45, 7) is 0.687. The van der Waals surface area contributed by atoms with Crippen LogP contribution in [0.15, 0.2) is 66.7 Å². The van der Waals surface area contributed by atoms with E-state index >= 15 is 0 Å². The van der Waals surface area contributed by atoms with Crippen molar-refractivity contribution in [2.75, 3.05) is 19.2 Å². The Morgan fingerprint density at radius 2 is 1.83 bits per heavy atom. The highest BCUT2D eigenvalue weighted by Crippen LogP contribution is 2.38. The maximum absolute atomic E-state index is 13.1. The fourth-order valence-corrected chi connectivity index (χ4v) is 3.77. The van der Waals surface area contributed by atoms with Crippen molar-refractivity contribution < 1.29 is 19.0 Å². The Morgan fingerprint density at radius 3 is 2.66 bits per heavy atom. The van der Waals surface area contributed by atoms with Gasteiger partial charge < -0.3 is 24.4 Å². The van der Waals surface area contributed by atoms with Crippen molar-refractivity contribution in [2.24, 2.45) is 0 Å². The molecule has 2 aliphatic rings. The first-order chi connectivity index (χ1) is 14.2. The Labute approximate surface area is 168 Å². The molecule has 6 heteroatoms. The van der Waals surface area contributed by atoms with E-state index < -0.39 is 0 Å². The van der Waals surface area contributed by atoms with Crippen molar-refractivity contribution >= 4 is 11.6 Å². The van der Waals surface area contributed by atoms with Gasteiger partial charge in [-0.1, -0.05) is 24.3 Å². The second kappa shape index (κ2) is 7.05. The monoisotopic (exact) mass is 388 g/mol. The third kappa shape index (κ3) is 3.12.